The second kappa shape index (κ2) is 4.75. The van der Waals surface area contributed by atoms with Crippen LogP contribution >= 0.6 is 34.8 Å². The van der Waals surface area contributed by atoms with Crippen LogP contribution in [0.4, 0.5) is 0 Å². The van der Waals surface area contributed by atoms with Crippen molar-refractivity contribution in [3.05, 3.63) is 0 Å². The van der Waals surface area contributed by atoms with Gasteiger partial charge in [-0.25, -0.2) is 0 Å². The summed E-state index contributed by atoms with van der Waals surface area (Å²) in [6.07, 6.45) is -0.450. The van der Waals surface area contributed by atoms with Gasteiger partial charge in [0.05, 0.1) is 6.42 Å². The molecule has 2 amide bonds. The maximum absolute atomic E-state index is 11.3. The van der Waals surface area contributed by atoms with E-state index in [9.17, 15) is 14.4 Å². The van der Waals surface area contributed by atoms with Crippen molar-refractivity contribution in [3.63, 3.8) is 0 Å². The van der Waals surface area contributed by atoms with E-state index >= 15 is 0 Å². The van der Waals surface area contributed by atoms with Crippen molar-refractivity contribution in [2.75, 3.05) is 6.61 Å². The van der Waals surface area contributed by atoms with E-state index in [-0.39, 0.29) is 5.06 Å². The number of carbonyl (C=O) groups excluding carboxylic acids is 3. The molecule has 1 aliphatic heterocycles. The summed E-state index contributed by atoms with van der Waals surface area (Å²) in [6, 6.07) is 0. The second-order valence-electron chi connectivity index (χ2n) is 3.02. The number of rotatable bonds is 2. The van der Waals surface area contributed by atoms with E-state index in [2.05, 4.69) is 4.74 Å². The first-order valence-corrected chi connectivity index (χ1v) is 5.15. The van der Waals surface area contributed by atoms with Crippen LogP contribution in [0.5, 0.6) is 0 Å². The predicted molar refractivity (Wildman–Crippen MR) is 53.0 cm³/mol. The van der Waals surface area contributed by atoms with Crippen LogP contribution in [0, 0.1) is 5.92 Å². The maximum atomic E-state index is 11.3. The first-order valence-electron chi connectivity index (χ1n) is 4.01. The minimum Gasteiger partial charge on any atom is -0.461 e. The summed E-state index contributed by atoms with van der Waals surface area (Å²) in [4.78, 5) is 33.3. The molecule has 6 nitrogen and oxygen atoms in total. The molecule has 0 aromatic rings. The number of alkyl halides is 3. The Labute approximate surface area is 105 Å². The van der Waals surface area contributed by atoms with Gasteiger partial charge in [-0.1, -0.05) is 34.8 Å². The largest absolute Gasteiger partial charge is 0.461 e. The van der Waals surface area contributed by atoms with E-state index in [1.807, 2.05) is 0 Å². The highest BCUT2D eigenvalue weighted by atomic mass is 35.6. The summed E-state index contributed by atoms with van der Waals surface area (Å²) in [7, 11) is 0. The molecule has 1 N–H and O–H groups in total. The summed E-state index contributed by atoms with van der Waals surface area (Å²) in [5.41, 5.74) is 0. The van der Waals surface area contributed by atoms with Gasteiger partial charge in [0.25, 0.3) is 11.8 Å². The Bertz CT molecular complexity index is 339. The molecular formula is C7H6Cl3NO5. The highest BCUT2D eigenvalue weighted by molar-refractivity contribution is 6.67. The number of hydrogen-bond acceptors (Lipinski definition) is 5. The van der Waals surface area contributed by atoms with Gasteiger partial charge in [-0.2, -0.15) is 5.06 Å². The topological polar surface area (TPSA) is 83.9 Å². The normalized spacial score (nSPS) is 21.5. The molecule has 1 saturated heterocycles. The fourth-order valence-electron chi connectivity index (χ4n) is 1.06. The number of hydroxylamine groups is 2. The van der Waals surface area contributed by atoms with Crippen molar-refractivity contribution in [2.24, 2.45) is 5.92 Å². The van der Waals surface area contributed by atoms with E-state index in [0.717, 1.165) is 0 Å². The van der Waals surface area contributed by atoms with Crippen molar-refractivity contribution < 1.29 is 24.3 Å². The Kier molecular flexibility index (Phi) is 4.01. The van der Waals surface area contributed by atoms with Gasteiger partial charge in [0.15, 0.2) is 0 Å². The molecule has 0 aromatic carbocycles. The third kappa shape index (κ3) is 3.21. The van der Waals surface area contributed by atoms with Crippen LogP contribution in [-0.4, -0.2) is 38.5 Å². The quantitative estimate of drug-likeness (QED) is 0.266. The number of nitrogens with zero attached hydrogens (tertiary/aromatic N) is 1. The lowest BCUT2D eigenvalue weighted by Crippen LogP contribution is -2.31. The van der Waals surface area contributed by atoms with Crippen LogP contribution < -0.4 is 0 Å². The highest BCUT2D eigenvalue weighted by Crippen LogP contribution is 2.27. The smallest absolute Gasteiger partial charge is 0.319 e. The number of imide groups is 1. The SMILES string of the molecule is O=C(OCC(Cl)(Cl)Cl)C1CC(=O)N(O)C1=O. The van der Waals surface area contributed by atoms with Gasteiger partial charge in [-0.3, -0.25) is 19.6 Å². The minimum absolute atomic E-state index is 0.124. The van der Waals surface area contributed by atoms with E-state index in [1.54, 1.807) is 0 Å². The number of amides is 2. The fraction of sp³-hybridized carbons (Fsp3) is 0.571. The number of hydrogen-bond donors (Lipinski definition) is 1. The van der Waals surface area contributed by atoms with Crippen molar-refractivity contribution in [1.82, 2.24) is 5.06 Å². The standard InChI is InChI=1S/C7H6Cl3NO5/c8-7(9,10)2-16-6(14)3-1-4(12)11(15)5(3)13/h3,15H,1-2H2. The Morgan fingerprint density at radius 1 is 1.50 bits per heavy atom. The molecule has 0 aromatic heterocycles. The van der Waals surface area contributed by atoms with Crippen molar-refractivity contribution in [1.29, 1.82) is 0 Å². The summed E-state index contributed by atoms with van der Waals surface area (Å²) in [5, 5.41) is 8.74. The number of ether oxygens (including phenoxy) is 1. The van der Waals surface area contributed by atoms with Crippen LogP contribution in [0.1, 0.15) is 6.42 Å². The lowest BCUT2D eigenvalue weighted by atomic mass is 10.1. The lowest BCUT2D eigenvalue weighted by Gasteiger charge is -2.12. The Hall–Kier alpha value is -0.560. The molecule has 1 fully saturated rings. The second-order valence-corrected chi connectivity index (χ2v) is 5.54. The molecule has 1 atom stereocenters. The highest BCUT2D eigenvalue weighted by Gasteiger charge is 2.44. The first-order chi connectivity index (χ1) is 7.22. The van der Waals surface area contributed by atoms with Crippen LogP contribution in [0.25, 0.3) is 0 Å². The Balaban J connectivity index is 2.57. The fourth-order valence-corrected chi connectivity index (χ4v) is 1.22. The van der Waals surface area contributed by atoms with Crippen LogP contribution in [-0.2, 0) is 19.1 Å². The van der Waals surface area contributed by atoms with E-state index in [1.165, 1.54) is 0 Å². The molecule has 0 radical (unpaired) electrons. The van der Waals surface area contributed by atoms with Gasteiger partial charge in [0.1, 0.15) is 12.5 Å². The zero-order valence-corrected chi connectivity index (χ0v) is 9.92. The molecule has 9 heteroatoms. The number of carbonyl (C=O) groups is 3. The monoisotopic (exact) mass is 289 g/mol. The molecule has 16 heavy (non-hydrogen) atoms. The predicted octanol–water partition coefficient (Wildman–Crippen LogP) is 0.664. The molecule has 1 aliphatic rings. The number of esters is 1. The zero-order chi connectivity index (χ0) is 12.5. The summed E-state index contributed by atoms with van der Waals surface area (Å²) in [6.45, 7) is -0.542. The van der Waals surface area contributed by atoms with Crippen molar-refractivity contribution in [2.45, 2.75) is 10.2 Å². The van der Waals surface area contributed by atoms with Crippen molar-refractivity contribution >= 4 is 52.6 Å². The van der Waals surface area contributed by atoms with Crippen LogP contribution in [0.15, 0.2) is 0 Å². The molecule has 0 aliphatic carbocycles. The molecule has 0 spiro atoms. The third-order valence-corrected chi connectivity index (χ3v) is 2.11. The van der Waals surface area contributed by atoms with E-state index in [0.29, 0.717) is 0 Å². The lowest BCUT2D eigenvalue weighted by molar-refractivity contribution is -0.173. The average Bonchev–Trinajstić information content (AvgIpc) is 2.41. The summed E-state index contributed by atoms with van der Waals surface area (Å²) < 4.78 is 2.72. The van der Waals surface area contributed by atoms with Gasteiger partial charge in [-0.05, 0) is 0 Å². The zero-order valence-electron chi connectivity index (χ0n) is 7.65. The van der Waals surface area contributed by atoms with Gasteiger partial charge >= 0.3 is 5.97 Å². The van der Waals surface area contributed by atoms with Crippen LogP contribution in [0.3, 0.4) is 0 Å². The molecule has 0 saturated carbocycles. The minimum atomic E-state index is -1.79. The first kappa shape index (κ1) is 13.5. The summed E-state index contributed by atoms with van der Waals surface area (Å²) in [5.74, 6) is -4.30. The van der Waals surface area contributed by atoms with E-state index in [4.69, 9.17) is 40.0 Å². The van der Waals surface area contributed by atoms with E-state index < -0.39 is 40.5 Å². The molecule has 0 bridgehead atoms. The average molecular weight is 290 g/mol. The number of halogens is 3. The molecule has 90 valence electrons. The molecule has 1 rings (SSSR count). The maximum Gasteiger partial charge on any atom is 0.319 e. The Morgan fingerprint density at radius 3 is 2.44 bits per heavy atom. The van der Waals surface area contributed by atoms with Gasteiger partial charge in [0, 0.05) is 0 Å². The van der Waals surface area contributed by atoms with Gasteiger partial charge < -0.3 is 4.74 Å². The Morgan fingerprint density at radius 2 is 2.06 bits per heavy atom. The van der Waals surface area contributed by atoms with Crippen LogP contribution in [0.2, 0.25) is 0 Å². The third-order valence-electron chi connectivity index (χ3n) is 1.78. The summed E-state index contributed by atoms with van der Waals surface area (Å²) >= 11 is 16.0. The molecule has 1 heterocycles. The van der Waals surface area contributed by atoms with Gasteiger partial charge in [0.2, 0.25) is 3.79 Å². The molecular weight excluding hydrogens is 284 g/mol. The van der Waals surface area contributed by atoms with Gasteiger partial charge in [-0.15, -0.1) is 0 Å². The van der Waals surface area contributed by atoms with Crippen molar-refractivity contribution in [3.8, 4) is 0 Å². The molecule has 1 unspecified atom stereocenters.